The Kier molecular flexibility index (Phi) is 3.51. The second kappa shape index (κ2) is 4.70. The largest absolute Gasteiger partial charge is 0.463 e. The van der Waals surface area contributed by atoms with Gasteiger partial charge in [-0.25, -0.2) is 9.97 Å². The molecule has 12 heavy (non-hydrogen) atoms. The molecular formula is C9H14N2O. The maximum Gasteiger partial charge on any atom is 0.316 e. The third-order valence-electron chi connectivity index (χ3n) is 1.50. The summed E-state index contributed by atoms with van der Waals surface area (Å²) in [5.74, 6) is 0. The first kappa shape index (κ1) is 8.97. The summed E-state index contributed by atoms with van der Waals surface area (Å²) in [5, 5.41) is 0. The van der Waals surface area contributed by atoms with Crippen molar-refractivity contribution in [2.75, 3.05) is 6.61 Å². The van der Waals surface area contributed by atoms with Crippen LogP contribution in [0.15, 0.2) is 12.3 Å². The fourth-order valence-electron chi connectivity index (χ4n) is 0.803. The maximum absolute atomic E-state index is 5.30. The first-order chi connectivity index (χ1) is 5.83. The summed E-state index contributed by atoms with van der Waals surface area (Å²) in [4.78, 5) is 8.09. The van der Waals surface area contributed by atoms with Crippen LogP contribution in [0.25, 0.3) is 0 Å². The Hall–Kier alpha value is -1.12. The predicted molar refractivity (Wildman–Crippen MR) is 47.2 cm³/mol. The van der Waals surface area contributed by atoms with Gasteiger partial charge in [0.25, 0.3) is 0 Å². The molecule has 1 rings (SSSR count). The third-order valence-corrected chi connectivity index (χ3v) is 1.50. The van der Waals surface area contributed by atoms with Crippen LogP contribution in [0.4, 0.5) is 0 Å². The second-order valence-electron chi connectivity index (χ2n) is 2.68. The zero-order valence-corrected chi connectivity index (χ0v) is 7.58. The molecule has 0 fully saturated rings. The van der Waals surface area contributed by atoms with Crippen LogP contribution in [0.5, 0.6) is 6.01 Å². The van der Waals surface area contributed by atoms with E-state index in [0.717, 1.165) is 18.5 Å². The van der Waals surface area contributed by atoms with Crippen molar-refractivity contribution in [3.05, 3.63) is 18.0 Å². The van der Waals surface area contributed by atoms with Crippen molar-refractivity contribution in [3.8, 4) is 6.01 Å². The molecular weight excluding hydrogens is 152 g/mol. The average Bonchev–Trinajstić information content (AvgIpc) is 2.05. The van der Waals surface area contributed by atoms with Crippen LogP contribution < -0.4 is 4.74 Å². The monoisotopic (exact) mass is 166 g/mol. The highest BCUT2D eigenvalue weighted by Gasteiger charge is 1.95. The zero-order chi connectivity index (χ0) is 8.81. The van der Waals surface area contributed by atoms with Crippen LogP contribution in [-0.4, -0.2) is 16.6 Å². The quantitative estimate of drug-likeness (QED) is 0.641. The van der Waals surface area contributed by atoms with Gasteiger partial charge in [0, 0.05) is 11.9 Å². The number of unbranched alkanes of at least 4 members (excludes halogenated alkanes) is 1. The molecule has 0 aliphatic heterocycles. The highest BCUT2D eigenvalue weighted by molar-refractivity contribution is 5.02. The van der Waals surface area contributed by atoms with Crippen molar-refractivity contribution in [2.24, 2.45) is 0 Å². The molecule has 1 heterocycles. The molecule has 0 aliphatic rings. The second-order valence-corrected chi connectivity index (χ2v) is 2.68. The molecule has 1 aromatic rings. The molecule has 0 amide bonds. The van der Waals surface area contributed by atoms with E-state index in [9.17, 15) is 0 Å². The molecule has 0 saturated heterocycles. The van der Waals surface area contributed by atoms with Crippen molar-refractivity contribution in [1.29, 1.82) is 0 Å². The van der Waals surface area contributed by atoms with Crippen molar-refractivity contribution in [3.63, 3.8) is 0 Å². The Bertz CT molecular complexity index is 238. The lowest BCUT2D eigenvalue weighted by Crippen LogP contribution is -2.00. The summed E-state index contributed by atoms with van der Waals surface area (Å²) in [6.07, 6.45) is 3.90. The van der Waals surface area contributed by atoms with Crippen LogP contribution in [0.1, 0.15) is 25.5 Å². The summed E-state index contributed by atoms with van der Waals surface area (Å²) in [7, 11) is 0. The minimum atomic E-state index is 0.489. The predicted octanol–water partition coefficient (Wildman–Crippen LogP) is 1.96. The number of ether oxygens (including phenoxy) is 1. The zero-order valence-electron chi connectivity index (χ0n) is 7.58. The SMILES string of the molecule is CCCCOc1nccc(C)n1. The number of nitrogens with zero attached hydrogens (tertiary/aromatic N) is 2. The lowest BCUT2D eigenvalue weighted by molar-refractivity contribution is 0.284. The smallest absolute Gasteiger partial charge is 0.316 e. The van der Waals surface area contributed by atoms with E-state index in [2.05, 4.69) is 16.9 Å². The van der Waals surface area contributed by atoms with Gasteiger partial charge in [-0.05, 0) is 19.4 Å². The molecule has 0 saturated carbocycles. The van der Waals surface area contributed by atoms with Crippen molar-refractivity contribution < 1.29 is 4.74 Å². The van der Waals surface area contributed by atoms with Crippen LogP contribution in [0.3, 0.4) is 0 Å². The van der Waals surface area contributed by atoms with Gasteiger partial charge in [0.2, 0.25) is 0 Å². The maximum atomic E-state index is 5.30. The molecule has 3 nitrogen and oxygen atoms in total. The highest BCUT2D eigenvalue weighted by atomic mass is 16.5. The lowest BCUT2D eigenvalue weighted by Gasteiger charge is -2.02. The summed E-state index contributed by atoms with van der Waals surface area (Å²) in [6.45, 7) is 4.76. The van der Waals surface area contributed by atoms with E-state index >= 15 is 0 Å². The Morgan fingerprint density at radius 2 is 2.33 bits per heavy atom. The molecule has 0 aliphatic carbocycles. The number of hydrogen-bond donors (Lipinski definition) is 0. The van der Waals surface area contributed by atoms with Gasteiger partial charge in [0.05, 0.1) is 6.61 Å². The summed E-state index contributed by atoms with van der Waals surface area (Å²) < 4.78 is 5.30. The van der Waals surface area contributed by atoms with E-state index in [1.54, 1.807) is 6.20 Å². The molecule has 0 atom stereocenters. The van der Waals surface area contributed by atoms with Gasteiger partial charge in [0.15, 0.2) is 0 Å². The average molecular weight is 166 g/mol. The van der Waals surface area contributed by atoms with Crippen LogP contribution in [0.2, 0.25) is 0 Å². The van der Waals surface area contributed by atoms with E-state index in [4.69, 9.17) is 4.74 Å². The minimum Gasteiger partial charge on any atom is -0.463 e. The van der Waals surface area contributed by atoms with Gasteiger partial charge < -0.3 is 4.74 Å². The summed E-state index contributed by atoms with van der Waals surface area (Å²) in [5.41, 5.74) is 0.941. The molecule has 1 aromatic heterocycles. The van der Waals surface area contributed by atoms with E-state index < -0.39 is 0 Å². The van der Waals surface area contributed by atoms with Crippen molar-refractivity contribution in [2.45, 2.75) is 26.7 Å². The fourth-order valence-corrected chi connectivity index (χ4v) is 0.803. The van der Waals surface area contributed by atoms with Gasteiger partial charge in [-0.2, -0.15) is 0 Å². The molecule has 0 N–H and O–H groups in total. The fraction of sp³-hybridized carbons (Fsp3) is 0.556. The Morgan fingerprint density at radius 3 is 3.00 bits per heavy atom. The Balaban J connectivity index is 2.41. The van der Waals surface area contributed by atoms with Gasteiger partial charge in [-0.3, -0.25) is 0 Å². The van der Waals surface area contributed by atoms with Crippen molar-refractivity contribution in [1.82, 2.24) is 9.97 Å². The molecule has 0 spiro atoms. The first-order valence-corrected chi connectivity index (χ1v) is 4.25. The highest BCUT2D eigenvalue weighted by Crippen LogP contribution is 2.02. The number of aryl methyl sites for hydroxylation is 1. The van der Waals surface area contributed by atoms with Crippen LogP contribution >= 0.6 is 0 Å². The molecule has 66 valence electrons. The van der Waals surface area contributed by atoms with Crippen LogP contribution in [-0.2, 0) is 0 Å². The summed E-state index contributed by atoms with van der Waals surface area (Å²) in [6, 6.07) is 2.34. The van der Waals surface area contributed by atoms with Gasteiger partial charge >= 0.3 is 6.01 Å². The number of rotatable bonds is 4. The Morgan fingerprint density at radius 1 is 1.50 bits per heavy atom. The molecule has 0 unspecified atom stereocenters. The first-order valence-electron chi connectivity index (χ1n) is 4.25. The van der Waals surface area contributed by atoms with E-state index in [1.807, 2.05) is 13.0 Å². The van der Waals surface area contributed by atoms with Crippen LogP contribution in [0, 0.1) is 6.92 Å². The van der Waals surface area contributed by atoms with Gasteiger partial charge in [-0.1, -0.05) is 13.3 Å². The summed E-state index contributed by atoms with van der Waals surface area (Å²) >= 11 is 0. The normalized spacial score (nSPS) is 9.83. The molecule has 0 aromatic carbocycles. The minimum absolute atomic E-state index is 0.489. The van der Waals surface area contributed by atoms with Crippen molar-refractivity contribution >= 4 is 0 Å². The van der Waals surface area contributed by atoms with E-state index in [0.29, 0.717) is 12.6 Å². The number of aromatic nitrogens is 2. The van der Waals surface area contributed by atoms with Gasteiger partial charge in [0.1, 0.15) is 0 Å². The standard InChI is InChI=1S/C9H14N2O/c1-3-4-7-12-9-10-6-5-8(2)11-9/h5-6H,3-4,7H2,1-2H3. The lowest BCUT2D eigenvalue weighted by atomic mass is 10.4. The van der Waals surface area contributed by atoms with Gasteiger partial charge in [-0.15, -0.1) is 0 Å². The topological polar surface area (TPSA) is 35.0 Å². The van der Waals surface area contributed by atoms with E-state index in [-0.39, 0.29) is 0 Å². The third kappa shape index (κ3) is 2.86. The molecule has 0 radical (unpaired) electrons. The number of hydrogen-bond acceptors (Lipinski definition) is 3. The molecule has 3 heteroatoms. The van der Waals surface area contributed by atoms with E-state index in [1.165, 1.54) is 0 Å². The Labute approximate surface area is 72.8 Å². The molecule has 0 bridgehead atoms.